The van der Waals surface area contributed by atoms with Gasteiger partial charge in [0.1, 0.15) is 0 Å². The number of nitrogens with one attached hydrogen (secondary N) is 1. The fraction of sp³-hybridized carbons (Fsp3) is 0.519. The Morgan fingerprint density at radius 1 is 1.03 bits per heavy atom. The number of benzene rings is 2. The summed E-state index contributed by atoms with van der Waals surface area (Å²) < 4.78 is 16.8. The van der Waals surface area contributed by atoms with Crippen LogP contribution in [0.1, 0.15) is 24.1 Å². The number of anilines is 1. The van der Waals surface area contributed by atoms with Crippen molar-refractivity contribution >= 4 is 11.7 Å². The minimum absolute atomic E-state index is 0.00871. The van der Waals surface area contributed by atoms with Crippen LogP contribution >= 0.6 is 0 Å². The summed E-state index contributed by atoms with van der Waals surface area (Å²) >= 11 is 0. The first-order chi connectivity index (χ1) is 17.1. The highest BCUT2D eigenvalue weighted by molar-refractivity contribution is 5.74. The fourth-order valence-electron chi connectivity index (χ4n) is 4.88. The van der Waals surface area contributed by atoms with Crippen LogP contribution in [-0.2, 0) is 4.74 Å². The summed E-state index contributed by atoms with van der Waals surface area (Å²) in [5, 5.41) is 3.21. The predicted octanol–water partition coefficient (Wildman–Crippen LogP) is 3.31. The number of morpholine rings is 1. The number of hydrogen-bond acceptors (Lipinski definition) is 6. The van der Waals surface area contributed by atoms with Crippen molar-refractivity contribution in [3.63, 3.8) is 0 Å². The third-order valence-electron chi connectivity index (χ3n) is 6.83. The van der Waals surface area contributed by atoms with Gasteiger partial charge in [0.15, 0.2) is 11.5 Å². The maximum atomic E-state index is 13.1. The number of nitrogens with zero attached hydrogens (tertiary/aromatic N) is 3. The number of ether oxygens (including phenoxy) is 3. The van der Waals surface area contributed by atoms with Gasteiger partial charge in [-0.05, 0) is 43.2 Å². The molecular weight excluding hydrogens is 444 g/mol. The van der Waals surface area contributed by atoms with E-state index in [4.69, 9.17) is 14.2 Å². The van der Waals surface area contributed by atoms with E-state index >= 15 is 0 Å². The van der Waals surface area contributed by atoms with Gasteiger partial charge in [-0.25, -0.2) is 4.79 Å². The van der Waals surface area contributed by atoms with E-state index in [0.29, 0.717) is 45.2 Å². The molecule has 2 fully saturated rings. The van der Waals surface area contributed by atoms with Gasteiger partial charge in [0.2, 0.25) is 0 Å². The van der Waals surface area contributed by atoms with Crippen molar-refractivity contribution in [2.45, 2.75) is 19.9 Å². The van der Waals surface area contributed by atoms with Gasteiger partial charge < -0.3 is 29.3 Å². The first kappa shape index (κ1) is 25.1. The fourth-order valence-corrected chi connectivity index (χ4v) is 4.88. The van der Waals surface area contributed by atoms with Gasteiger partial charge in [-0.2, -0.15) is 0 Å². The third kappa shape index (κ3) is 6.18. The van der Waals surface area contributed by atoms with Crippen molar-refractivity contribution < 1.29 is 19.0 Å². The second-order valence-corrected chi connectivity index (χ2v) is 8.95. The molecule has 0 radical (unpaired) electrons. The maximum Gasteiger partial charge on any atom is 0.317 e. The van der Waals surface area contributed by atoms with E-state index in [-0.39, 0.29) is 12.1 Å². The molecule has 2 aliphatic heterocycles. The summed E-state index contributed by atoms with van der Waals surface area (Å²) in [5.41, 5.74) is 3.62. The maximum absolute atomic E-state index is 13.1. The number of hydrogen-bond donors (Lipinski definition) is 1. The molecular formula is C27H38N4O4. The summed E-state index contributed by atoms with van der Waals surface area (Å²) in [6, 6.07) is 14.5. The van der Waals surface area contributed by atoms with Crippen molar-refractivity contribution in [3.8, 4) is 11.5 Å². The van der Waals surface area contributed by atoms with Crippen LogP contribution in [0.15, 0.2) is 42.5 Å². The molecule has 0 saturated carbocycles. The summed E-state index contributed by atoms with van der Waals surface area (Å²) in [7, 11) is 1.66. The number of carbonyl (C=O) groups is 1. The SMILES string of the molecule is CCOc1ccc([C@@H](CNC(=O)N2CCN(c3ccccc3C)CC2)N2CCOCC2)cc1OC. The van der Waals surface area contributed by atoms with E-state index in [1.807, 2.05) is 24.0 Å². The van der Waals surface area contributed by atoms with Crippen molar-refractivity contribution in [1.82, 2.24) is 15.1 Å². The van der Waals surface area contributed by atoms with E-state index in [0.717, 1.165) is 37.5 Å². The molecule has 8 nitrogen and oxygen atoms in total. The number of rotatable bonds is 8. The third-order valence-corrected chi connectivity index (χ3v) is 6.83. The summed E-state index contributed by atoms with van der Waals surface area (Å²) in [4.78, 5) is 19.8. The average molecular weight is 483 g/mol. The van der Waals surface area contributed by atoms with Crippen LogP contribution in [0.3, 0.4) is 0 Å². The van der Waals surface area contributed by atoms with E-state index in [9.17, 15) is 4.79 Å². The zero-order valence-corrected chi connectivity index (χ0v) is 21.2. The molecule has 2 heterocycles. The molecule has 35 heavy (non-hydrogen) atoms. The van der Waals surface area contributed by atoms with Crippen LogP contribution in [0.4, 0.5) is 10.5 Å². The standard InChI is InChI=1S/C27H38N4O4/c1-4-35-25-10-9-22(19-26(25)33-3)24(30-15-17-34-18-16-30)20-28-27(32)31-13-11-29(12-14-31)23-8-6-5-7-21(23)2/h5-10,19,24H,4,11-18,20H2,1-3H3,(H,28,32)/t24-/m1/s1. The van der Waals surface area contributed by atoms with Gasteiger partial charge in [0.25, 0.3) is 0 Å². The summed E-state index contributed by atoms with van der Waals surface area (Å²) in [6.07, 6.45) is 0. The Balaban J connectivity index is 1.40. The number of amides is 2. The Hall–Kier alpha value is -2.97. The molecule has 2 aromatic rings. The average Bonchev–Trinajstić information content (AvgIpc) is 2.90. The molecule has 2 aliphatic rings. The minimum atomic E-state index is -0.00871. The Kier molecular flexibility index (Phi) is 8.71. The number of piperazine rings is 1. The molecule has 8 heteroatoms. The Labute approximate surface area is 208 Å². The molecule has 1 N–H and O–H groups in total. The first-order valence-corrected chi connectivity index (χ1v) is 12.6. The molecule has 1 atom stereocenters. The molecule has 0 spiro atoms. The van der Waals surface area contributed by atoms with Gasteiger partial charge in [-0.15, -0.1) is 0 Å². The van der Waals surface area contributed by atoms with Crippen LogP contribution in [0, 0.1) is 6.92 Å². The molecule has 2 amide bonds. The molecule has 0 unspecified atom stereocenters. The lowest BCUT2D eigenvalue weighted by Gasteiger charge is -2.38. The van der Waals surface area contributed by atoms with Crippen molar-refractivity contribution in [1.29, 1.82) is 0 Å². The molecule has 190 valence electrons. The monoisotopic (exact) mass is 482 g/mol. The van der Waals surface area contributed by atoms with Crippen molar-refractivity contribution in [2.24, 2.45) is 0 Å². The van der Waals surface area contributed by atoms with Crippen LogP contribution in [0.2, 0.25) is 0 Å². The topological polar surface area (TPSA) is 66.5 Å². The lowest BCUT2D eigenvalue weighted by molar-refractivity contribution is 0.0164. The lowest BCUT2D eigenvalue weighted by Crippen LogP contribution is -2.53. The highest BCUT2D eigenvalue weighted by Gasteiger charge is 2.27. The van der Waals surface area contributed by atoms with E-state index in [1.165, 1.54) is 11.3 Å². The zero-order chi connectivity index (χ0) is 24.6. The number of para-hydroxylation sites is 1. The molecule has 0 bridgehead atoms. The Morgan fingerprint density at radius 2 is 1.77 bits per heavy atom. The lowest BCUT2D eigenvalue weighted by atomic mass is 10.0. The molecule has 0 aliphatic carbocycles. The Morgan fingerprint density at radius 3 is 2.46 bits per heavy atom. The Bertz CT molecular complexity index is 971. The van der Waals surface area contributed by atoms with E-state index in [1.54, 1.807) is 7.11 Å². The summed E-state index contributed by atoms with van der Waals surface area (Å²) in [6.45, 7) is 11.3. The number of urea groups is 1. The molecule has 2 aromatic carbocycles. The normalized spacial score (nSPS) is 17.7. The van der Waals surface area contributed by atoms with Crippen LogP contribution in [0.25, 0.3) is 0 Å². The largest absolute Gasteiger partial charge is 0.493 e. The minimum Gasteiger partial charge on any atom is -0.493 e. The zero-order valence-electron chi connectivity index (χ0n) is 21.2. The van der Waals surface area contributed by atoms with E-state index in [2.05, 4.69) is 52.4 Å². The number of carbonyl (C=O) groups excluding carboxylic acids is 1. The highest BCUT2D eigenvalue weighted by Crippen LogP contribution is 2.32. The quantitative estimate of drug-likeness (QED) is 0.623. The van der Waals surface area contributed by atoms with Gasteiger partial charge in [0.05, 0.1) is 33.0 Å². The predicted molar refractivity (Wildman–Crippen MR) is 138 cm³/mol. The summed E-state index contributed by atoms with van der Waals surface area (Å²) in [5.74, 6) is 1.44. The van der Waals surface area contributed by atoms with Crippen molar-refractivity contribution in [2.75, 3.05) is 77.6 Å². The van der Waals surface area contributed by atoms with Crippen LogP contribution in [-0.4, -0.2) is 88.6 Å². The number of methoxy groups -OCH3 is 1. The smallest absolute Gasteiger partial charge is 0.317 e. The van der Waals surface area contributed by atoms with Gasteiger partial charge >= 0.3 is 6.03 Å². The second-order valence-electron chi connectivity index (χ2n) is 8.95. The van der Waals surface area contributed by atoms with Crippen molar-refractivity contribution in [3.05, 3.63) is 53.6 Å². The molecule has 4 rings (SSSR count). The number of aryl methyl sites for hydroxylation is 1. The first-order valence-electron chi connectivity index (χ1n) is 12.6. The van der Waals surface area contributed by atoms with Gasteiger partial charge in [0, 0.05) is 51.5 Å². The van der Waals surface area contributed by atoms with Crippen LogP contribution < -0.4 is 19.7 Å². The molecule has 0 aromatic heterocycles. The van der Waals surface area contributed by atoms with Gasteiger partial charge in [-0.3, -0.25) is 4.90 Å². The molecule has 2 saturated heterocycles. The highest BCUT2D eigenvalue weighted by atomic mass is 16.5. The van der Waals surface area contributed by atoms with Gasteiger partial charge in [-0.1, -0.05) is 24.3 Å². The van der Waals surface area contributed by atoms with Crippen LogP contribution in [0.5, 0.6) is 11.5 Å². The second kappa shape index (κ2) is 12.1. The van der Waals surface area contributed by atoms with E-state index < -0.39 is 0 Å².